The van der Waals surface area contributed by atoms with Gasteiger partial charge < -0.3 is 0 Å². The zero-order valence-electron chi connectivity index (χ0n) is 12.0. The number of fused-ring (bicyclic) bond motifs is 2. The van der Waals surface area contributed by atoms with E-state index in [1.807, 2.05) is 24.2 Å². The van der Waals surface area contributed by atoms with Crippen LogP contribution in [0.2, 0.25) is 0 Å². The highest BCUT2D eigenvalue weighted by molar-refractivity contribution is 8.15. The first-order chi connectivity index (χ1) is 10.6. The fourth-order valence-electron chi connectivity index (χ4n) is 3.23. The lowest BCUT2D eigenvalue weighted by atomic mass is 10.1. The summed E-state index contributed by atoms with van der Waals surface area (Å²) in [4.78, 5) is -0.301. The predicted octanol–water partition coefficient (Wildman–Crippen LogP) is 4.10. The monoisotopic (exact) mass is 316 g/mol. The van der Waals surface area contributed by atoms with E-state index in [4.69, 9.17) is 0 Å². The van der Waals surface area contributed by atoms with Crippen molar-refractivity contribution in [1.29, 1.82) is 0 Å². The first-order valence-electron chi connectivity index (χ1n) is 7.15. The molecule has 0 aromatic heterocycles. The van der Waals surface area contributed by atoms with Crippen LogP contribution >= 0.6 is 11.8 Å². The van der Waals surface area contributed by atoms with E-state index in [-0.39, 0.29) is 10.4 Å². The summed E-state index contributed by atoms with van der Waals surface area (Å²) in [6.45, 7) is 0. The van der Waals surface area contributed by atoms with E-state index in [1.165, 1.54) is 29.0 Å². The maximum Gasteiger partial charge on any atom is 0.134 e. The molecule has 1 unspecified atom stereocenters. The zero-order valence-corrected chi connectivity index (χ0v) is 12.8. The van der Waals surface area contributed by atoms with Crippen molar-refractivity contribution in [2.24, 2.45) is 5.10 Å². The molecule has 2 nitrogen and oxygen atoms in total. The van der Waals surface area contributed by atoms with Gasteiger partial charge in [-0.3, -0.25) is 5.01 Å². The number of hydrogen-bond acceptors (Lipinski definition) is 3. The van der Waals surface area contributed by atoms with E-state index in [0.29, 0.717) is 5.04 Å². The van der Waals surface area contributed by atoms with Gasteiger partial charge in [-0.1, -0.05) is 36.0 Å². The molecule has 22 heavy (non-hydrogen) atoms. The van der Waals surface area contributed by atoms with Crippen molar-refractivity contribution in [2.75, 3.05) is 7.05 Å². The maximum absolute atomic E-state index is 14.0. The van der Waals surface area contributed by atoms with Gasteiger partial charge in [-0.25, -0.2) is 8.78 Å². The van der Waals surface area contributed by atoms with E-state index >= 15 is 0 Å². The third-order valence-corrected chi connectivity index (χ3v) is 5.88. The van der Waals surface area contributed by atoms with Crippen LogP contribution in [0.1, 0.15) is 23.1 Å². The smallest absolute Gasteiger partial charge is 0.134 e. The molecule has 2 aromatic rings. The molecule has 0 amide bonds. The van der Waals surface area contributed by atoms with Crippen LogP contribution in [0, 0.1) is 11.6 Å². The summed E-state index contributed by atoms with van der Waals surface area (Å²) in [5, 5.41) is 6.93. The molecule has 0 bridgehead atoms. The van der Waals surface area contributed by atoms with Crippen LogP contribution in [0.5, 0.6) is 0 Å². The van der Waals surface area contributed by atoms with Crippen LogP contribution in [0.25, 0.3) is 0 Å². The van der Waals surface area contributed by atoms with Gasteiger partial charge in [0.15, 0.2) is 0 Å². The Balaban J connectivity index is 1.76. The van der Waals surface area contributed by atoms with Crippen molar-refractivity contribution in [3.8, 4) is 0 Å². The Morgan fingerprint density at radius 1 is 1.18 bits per heavy atom. The van der Waals surface area contributed by atoms with Gasteiger partial charge in [-0.15, -0.1) is 0 Å². The summed E-state index contributed by atoms with van der Waals surface area (Å²) in [5.74, 6) is -0.889. The quantitative estimate of drug-likeness (QED) is 0.787. The Kier molecular flexibility index (Phi) is 3.01. The van der Waals surface area contributed by atoms with Crippen molar-refractivity contribution in [1.82, 2.24) is 5.01 Å². The fourth-order valence-corrected chi connectivity index (χ4v) is 4.67. The second kappa shape index (κ2) is 4.81. The second-order valence-corrected chi connectivity index (χ2v) is 6.86. The van der Waals surface area contributed by atoms with Crippen molar-refractivity contribution in [2.45, 2.75) is 17.7 Å². The van der Waals surface area contributed by atoms with Crippen LogP contribution in [0.4, 0.5) is 8.78 Å². The molecule has 1 aliphatic heterocycles. The van der Waals surface area contributed by atoms with Crippen molar-refractivity contribution in [3.05, 3.63) is 70.8 Å². The molecule has 1 spiro atoms. The molecule has 112 valence electrons. The number of benzene rings is 2. The van der Waals surface area contributed by atoms with E-state index in [2.05, 4.69) is 17.2 Å². The number of hydrazone groups is 1. The van der Waals surface area contributed by atoms with Crippen LogP contribution < -0.4 is 0 Å². The molecule has 5 heteroatoms. The van der Waals surface area contributed by atoms with Crippen molar-refractivity contribution in [3.63, 3.8) is 0 Å². The number of thioether (sulfide) groups is 1. The highest BCUT2D eigenvalue weighted by Crippen LogP contribution is 2.53. The van der Waals surface area contributed by atoms with Gasteiger partial charge in [-0.05, 0) is 42.2 Å². The Morgan fingerprint density at radius 3 is 2.86 bits per heavy atom. The number of nitrogens with zero attached hydrogens (tertiary/aromatic N) is 2. The summed E-state index contributed by atoms with van der Waals surface area (Å²) in [6, 6.07) is 11.8. The number of halogens is 2. The van der Waals surface area contributed by atoms with Crippen LogP contribution in [-0.2, 0) is 11.3 Å². The highest BCUT2D eigenvalue weighted by Gasteiger charge is 2.48. The lowest BCUT2D eigenvalue weighted by Crippen LogP contribution is -2.31. The Morgan fingerprint density at radius 2 is 2.00 bits per heavy atom. The topological polar surface area (TPSA) is 15.6 Å². The molecule has 1 heterocycles. The van der Waals surface area contributed by atoms with Gasteiger partial charge in [0.2, 0.25) is 0 Å². The number of hydrogen-bond donors (Lipinski definition) is 0. The highest BCUT2D eigenvalue weighted by atomic mass is 32.2. The minimum Gasteiger partial charge on any atom is -0.278 e. The van der Waals surface area contributed by atoms with Gasteiger partial charge in [0.25, 0.3) is 0 Å². The SMILES string of the molecule is CN1N=C(c2cc(F)ccc2F)SC12CCc1ccccc12. The predicted molar refractivity (Wildman–Crippen MR) is 84.7 cm³/mol. The average Bonchev–Trinajstić information content (AvgIpc) is 3.05. The molecular formula is C17H14F2N2S. The Hall–Kier alpha value is -1.88. The molecule has 0 radical (unpaired) electrons. The summed E-state index contributed by atoms with van der Waals surface area (Å²) >= 11 is 1.52. The molecule has 2 aromatic carbocycles. The zero-order chi connectivity index (χ0) is 15.3. The standard InChI is InChI=1S/C17H14F2N2S/c1-21-17(9-8-11-4-2-3-5-14(11)17)22-16(20-21)13-10-12(18)6-7-15(13)19/h2-7,10H,8-9H2,1H3. The van der Waals surface area contributed by atoms with Crippen LogP contribution in [0.3, 0.4) is 0 Å². The van der Waals surface area contributed by atoms with Gasteiger partial charge >= 0.3 is 0 Å². The minimum atomic E-state index is -0.449. The molecule has 0 N–H and O–H groups in total. The average molecular weight is 316 g/mol. The number of aryl methyl sites for hydroxylation is 1. The maximum atomic E-state index is 14.0. The number of rotatable bonds is 1. The normalized spacial score (nSPS) is 23.0. The van der Waals surface area contributed by atoms with E-state index in [0.717, 1.165) is 25.0 Å². The summed E-state index contributed by atoms with van der Waals surface area (Å²) < 4.78 is 27.5. The summed E-state index contributed by atoms with van der Waals surface area (Å²) in [5.41, 5.74) is 2.76. The van der Waals surface area contributed by atoms with Gasteiger partial charge in [0, 0.05) is 12.6 Å². The molecular weight excluding hydrogens is 302 g/mol. The third-order valence-electron chi connectivity index (χ3n) is 4.36. The largest absolute Gasteiger partial charge is 0.278 e. The van der Waals surface area contributed by atoms with Gasteiger partial charge in [-0.2, -0.15) is 5.10 Å². The van der Waals surface area contributed by atoms with E-state index in [9.17, 15) is 8.78 Å². The molecule has 0 fully saturated rings. The first-order valence-corrected chi connectivity index (χ1v) is 7.97. The van der Waals surface area contributed by atoms with Crippen LogP contribution in [-0.4, -0.2) is 17.1 Å². The van der Waals surface area contributed by atoms with Gasteiger partial charge in [0.1, 0.15) is 21.5 Å². The molecule has 2 aliphatic rings. The Bertz CT molecular complexity index is 790. The fraction of sp³-hybridized carbons (Fsp3) is 0.235. The lowest BCUT2D eigenvalue weighted by molar-refractivity contribution is 0.230. The molecule has 1 atom stereocenters. The Labute approximate surface area is 131 Å². The van der Waals surface area contributed by atoms with E-state index in [1.54, 1.807) is 0 Å². The molecule has 0 saturated heterocycles. The summed E-state index contributed by atoms with van der Waals surface area (Å²) in [6.07, 6.45) is 1.89. The molecule has 4 rings (SSSR count). The molecule has 0 saturated carbocycles. The van der Waals surface area contributed by atoms with Crippen molar-refractivity contribution >= 4 is 16.8 Å². The van der Waals surface area contributed by atoms with E-state index < -0.39 is 11.6 Å². The van der Waals surface area contributed by atoms with Crippen LogP contribution in [0.15, 0.2) is 47.6 Å². The van der Waals surface area contributed by atoms with Gasteiger partial charge in [0.05, 0.1) is 0 Å². The second-order valence-electron chi connectivity index (χ2n) is 5.60. The first kappa shape index (κ1) is 13.8. The lowest BCUT2D eigenvalue weighted by Gasteiger charge is -2.31. The molecule has 1 aliphatic carbocycles. The van der Waals surface area contributed by atoms with Crippen molar-refractivity contribution < 1.29 is 8.78 Å². The minimum absolute atomic E-state index is 0.234. The summed E-state index contributed by atoms with van der Waals surface area (Å²) in [7, 11) is 1.90. The third kappa shape index (κ3) is 1.88.